The minimum absolute atomic E-state index is 0.0101. The standard InChI is InChI=1S/C24H31FN2O4/c1-3-23(27-10-12-31-13-11-27)21-9-4-17(18(16-30-2)15-24(28)29)14-22(21)26-20-7-5-19(25)6-8-20/h4-9,14,18,23,26H,3,10-13,15-16H2,1-2H3,(H,28,29)/t18?,23-/m0/s1. The van der Waals surface area contributed by atoms with Gasteiger partial charge in [-0.05, 0) is 47.9 Å². The first-order chi connectivity index (χ1) is 15.0. The van der Waals surface area contributed by atoms with Gasteiger partial charge in [0.25, 0.3) is 0 Å². The van der Waals surface area contributed by atoms with Crippen molar-refractivity contribution in [2.24, 2.45) is 0 Å². The highest BCUT2D eigenvalue weighted by Crippen LogP contribution is 2.35. The third-order valence-electron chi connectivity index (χ3n) is 5.69. The second-order valence-electron chi connectivity index (χ2n) is 7.80. The van der Waals surface area contributed by atoms with Crippen molar-refractivity contribution in [1.29, 1.82) is 0 Å². The van der Waals surface area contributed by atoms with Gasteiger partial charge in [0.1, 0.15) is 5.82 Å². The van der Waals surface area contributed by atoms with Gasteiger partial charge in [-0.2, -0.15) is 0 Å². The molecule has 2 atom stereocenters. The highest BCUT2D eigenvalue weighted by Gasteiger charge is 2.25. The molecule has 1 aliphatic rings. The summed E-state index contributed by atoms with van der Waals surface area (Å²) < 4.78 is 24.2. The second kappa shape index (κ2) is 11.2. The number of hydrogen-bond acceptors (Lipinski definition) is 5. The van der Waals surface area contributed by atoms with Crippen LogP contribution < -0.4 is 5.32 Å². The fourth-order valence-electron chi connectivity index (χ4n) is 4.16. The number of carboxylic acids is 1. The number of nitrogens with zero attached hydrogens (tertiary/aromatic N) is 1. The summed E-state index contributed by atoms with van der Waals surface area (Å²) in [7, 11) is 1.58. The van der Waals surface area contributed by atoms with Gasteiger partial charge in [-0.25, -0.2) is 4.39 Å². The zero-order valence-electron chi connectivity index (χ0n) is 18.1. The van der Waals surface area contributed by atoms with Gasteiger partial charge in [0.2, 0.25) is 0 Å². The van der Waals surface area contributed by atoms with Crippen molar-refractivity contribution in [3.63, 3.8) is 0 Å². The highest BCUT2D eigenvalue weighted by atomic mass is 19.1. The first-order valence-corrected chi connectivity index (χ1v) is 10.7. The lowest BCUT2D eigenvalue weighted by Gasteiger charge is -2.35. The smallest absolute Gasteiger partial charge is 0.304 e. The van der Waals surface area contributed by atoms with Crippen LogP contribution in [-0.4, -0.2) is 56.0 Å². The largest absolute Gasteiger partial charge is 0.481 e. The Kier molecular flexibility index (Phi) is 8.40. The molecule has 3 rings (SSSR count). The lowest BCUT2D eigenvalue weighted by molar-refractivity contribution is -0.137. The van der Waals surface area contributed by atoms with Crippen LogP contribution in [-0.2, 0) is 14.3 Å². The summed E-state index contributed by atoms with van der Waals surface area (Å²) >= 11 is 0. The molecule has 2 N–H and O–H groups in total. The minimum Gasteiger partial charge on any atom is -0.481 e. The van der Waals surface area contributed by atoms with E-state index in [1.54, 1.807) is 19.2 Å². The van der Waals surface area contributed by atoms with Crippen LogP contribution >= 0.6 is 0 Å². The van der Waals surface area contributed by atoms with Crippen LogP contribution in [0.4, 0.5) is 15.8 Å². The number of nitrogens with one attached hydrogen (secondary N) is 1. The van der Waals surface area contributed by atoms with Crippen LogP contribution in [0.15, 0.2) is 42.5 Å². The van der Waals surface area contributed by atoms with E-state index in [4.69, 9.17) is 9.47 Å². The number of aliphatic carboxylic acids is 1. The number of benzene rings is 2. The third kappa shape index (κ3) is 6.26. The number of carboxylic acid groups (broad SMARTS) is 1. The quantitative estimate of drug-likeness (QED) is 0.576. The fraction of sp³-hybridized carbons (Fsp3) is 0.458. The summed E-state index contributed by atoms with van der Waals surface area (Å²) in [5.41, 5.74) is 3.70. The normalized spacial score (nSPS) is 16.6. The third-order valence-corrected chi connectivity index (χ3v) is 5.69. The van der Waals surface area contributed by atoms with Crippen LogP contribution in [0.2, 0.25) is 0 Å². The molecule has 31 heavy (non-hydrogen) atoms. The van der Waals surface area contributed by atoms with Crippen molar-refractivity contribution in [3.05, 3.63) is 59.4 Å². The average molecular weight is 431 g/mol. The molecular formula is C24H31FN2O4. The Morgan fingerprint density at radius 1 is 1.23 bits per heavy atom. The Bertz CT molecular complexity index is 853. The summed E-state index contributed by atoms with van der Waals surface area (Å²) in [6.07, 6.45) is 0.915. The lowest BCUT2D eigenvalue weighted by atomic mass is 9.91. The maximum atomic E-state index is 13.4. The Hall–Kier alpha value is -2.48. The predicted octanol–water partition coefficient (Wildman–Crippen LogP) is 4.56. The molecule has 168 valence electrons. The van der Waals surface area contributed by atoms with E-state index < -0.39 is 5.97 Å². The highest BCUT2D eigenvalue weighted by molar-refractivity contribution is 5.69. The number of halogens is 1. The molecule has 1 heterocycles. The molecule has 2 aromatic carbocycles. The van der Waals surface area contributed by atoms with E-state index in [1.807, 2.05) is 12.1 Å². The maximum Gasteiger partial charge on any atom is 0.304 e. The molecule has 0 aromatic heterocycles. The van der Waals surface area contributed by atoms with Gasteiger partial charge in [0.05, 0.1) is 26.2 Å². The number of ether oxygens (including phenoxy) is 2. The SMILES string of the molecule is CC[C@@H](c1ccc(C(COC)CC(=O)O)cc1Nc1ccc(F)cc1)N1CCOCC1. The van der Waals surface area contributed by atoms with Crippen molar-refractivity contribution >= 4 is 17.3 Å². The minimum atomic E-state index is -0.862. The number of rotatable bonds is 10. The number of methoxy groups -OCH3 is 1. The monoisotopic (exact) mass is 430 g/mol. The summed E-state index contributed by atoms with van der Waals surface area (Å²) in [5.74, 6) is -1.41. The second-order valence-corrected chi connectivity index (χ2v) is 7.80. The Morgan fingerprint density at radius 3 is 2.55 bits per heavy atom. The molecule has 0 radical (unpaired) electrons. The first kappa shape index (κ1) is 23.2. The van der Waals surface area contributed by atoms with Crippen LogP contribution in [0.5, 0.6) is 0 Å². The maximum absolute atomic E-state index is 13.4. The van der Waals surface area contributed by atoms with Crippen molar-refractivity contribution in [2.75, 3.05) is 45.3 Å². The predicted molar refractivity (Wildman–Crippen MR) is 118 cm³/mol. The van der Waals surface area contributed by atoms with Gasteiger partial charge in [-0.3, -0.25) is 9.69 Å². The zero-order valence-corrected chi connectivity index (χ0v) is 18.1. The number of morpholine rings is 1. The fourth-order valence-corrected chi connectivity index (χ4v) is 4.16. The van der Waals surface area contributed by atoms with Crippen molar-refractivity contribution in [3.8, 4) is 0 Å². The van der Waals surface area contributed by atoms with Gasteiger partial charge < -0.3 is 19.9 Å². The van der Waals surface area contributed by atoms with E-state index >= 15 is 0 Å². The Morgan fingerprint density at radius 2 is 1.94 bits per heavy atom. The summed E-state index contributed by atoms with van der Waals surface area (Å²) in [4.78, 5) is 13.8. The molecule has 1 unspecified atom stereocenters. The van der Waals surface area contributed by atoms with Gasteiger partial charge in [0, 0.05) is 43.5 Å². The first-order valence-electron chi connectivity index (χ1n) is 10.7. The molecule has 7 heteroatoms. The number of carbonyl (C=O) groups is 1. The molecule has 1 aliphatic heterocycles. The van der Waals surface area contributed by atoms with Crippen molar-refractivity contribution in [1.82, 2.24) is 4.90 Å². The number of hydrogen-bond donors (Lipinski definition) is 2. The van der Waals surface area contributed by atoms with E-state index in [1.165, 1.54) is 12.1 Å². The van der Waals surface area contributed by atoms with E-state index in [9.17, 15) is 14.3 Å². The van der Waals surface area contributed by atoms with Crippen LogP contribution in [0.1, 0.15) is 42.9 Å². The van der Waals surface area contributed by atoms with E-state index in [-0.39, 0.29) is 24.2 Å². The van der Waals surface area contributed by atoms with E-state index in [2.05, 4.69) is 23.2 Å². The summed E-state index contributed by atoms with van der Waals surface area (Å²) in [5, 5.41) is 12.8. The van der Waals surface area contributed by atoms with Gasteiger partial charge in [0.15, 0.2) is 0 Å². The van der Waals surface area contributed by atoms with Crippen LogP contribution in [0.3, 0.4) is 0 Å². The molecule has 1 saturated heterocycles. The molecular weight excluding hydrogens is 399 g/mol. The Balaban J connectivity index is 1.99. The molecule has 0 spiro atoms. The van der Waals surface area contributed by atoms with E-state index in [0.717, 1.165) is 42.0 Å². The van der Waals surface area contributed by atoms with Crippen molar-refractivity contribution < 1.29 is 23.8 Å². The molecule has 2 aromatic rings. The van der Waals surface area contributed by atoms with Gasteiger partial charge in [-0.1, -0.05) is 19.1 Å². The van der Waals surface area contributed by atoms with Crippen LogP contribution in [0.25, 0.3) is 0 Å². The van der Waals surface area contributed by atoms with Crippen LogP contribution in [0, 0.1) is 5.82 Å². The van der Waals surface area contributed by atoms with Gasteiger partial charge in [-0.15, -0.1) is 0 Å². The van der Waals surface area contributed by atoms with E-state index in [0.29, 0.717) is 19.8 Å². The molecule has 0 aliphatic carbocycles. The molecule has 0 saturated carbocycles. The summed E-state index contributed by atoms with van der Waals surface area (Å²) in [6.45, 7) is 5.63. The average Bonchev–Trinajstić information content (AvgIpc) is 2.77. The lowest BCUT2D eigenvalue weighted by Crippen LogP contribution is -2.39. The summed E-state index contributed by atoms with van der Waals surface area (Å²) in [6, 6.07) is 12.5. The molecule has 0 bridgehead atoms. The molecule has 0 amide bonds. The topological polar surface area (TPSA) is 71.0 Å². The Labute approximate surface area is 183 Å². The van der Waals surface area contributed by atoms with Gasteiger partial charge >= 0.3 is 5.97 Å². The molecule has 1 fully saturated rings. The zero-order chi connectivity index (χ0) is 22.2. The number of anilines is 2. The van der Waals surface area contributed by atoms with Crippen molar-refractivity contribution in [2.45, 2.75) is 31.7 Å². The molecule has 6 nitrogen and oxygen atoms in total.